The zero-order chi connectivity index (χ0) is 26.3. The molecule has 0 bridgehead atoms. The van der Waals surface area contributed by atoms with E-state index in [1.165, 1.54) is 0 Å². The Labute approximate surface area is 219 Å². The first kappa shape index (κ1) is 25.6. The van der Waals surface area contributed by atoms with Crippen molar-refractivity contribution in [3.8, 4) is 0 Å². The Kier molecular flexibility index (Phi) is 8.08. The smallest absolute Gasteiger partial charge is 0.338 e. The van der Waals surface area contributed by atoms with Gasteiger partial charge in [-0.2, -0.15) is 0 Å². The Morgan fingerprint density at radius 2 is 1.08 bits per heavy atom. The molecule has 0 radical (unpaired) electrons. The maximum atomic E-state index is 13.0. The van der Waals surface area contributed by atoms with E-state index in [2.05, 4.69) is 0 Å². The van der Waals surface area contributed by atoms with E-state index in [9.17, 15) is 14.4 Å². The molecule has 9 nitrogen and oxygen atoms in total. The molecule has 0 saturated carbocycles. The fourth-order valence-corrected chi connectivity index (χ4v) is 4.30. The van der Waals surface area contributed by atoms with E-state index in [1.807, 2.05) is 0 Å². The van der Waals surface area contributed by atoms with Gasteiger partial charge >= 0.3 is 17.9 Å². The van der Waals surface area contributed by atoms with Gasteiger partial charge in [-0.3, -0.25) is 0 Å². The summed E-state index contributed by atoms with van der Waals surface area (Å²) in [6.07, 6.45) is -4.96. The van der Waals surface area contributed by atoms with Crippen LogP contribution in [0.5, 0.6) is 0 Å². The van der Waals surface area contributed by atoms with E-state index in [1.54, 1.807) is 91.0 Å². The fraction of sp³-hybridized carbons (Fsp3) is 0.276. The molecule has 38 heavy (non-hydrogen) atoms. The molecule has 2 saturated heterocycles. The number of hydrogen-bond acceptors (Lipinski definition) is 9. The Balaban J connectivity index is 1.41. The normalized spacial score (nSPS) is 23.1. The molecule has 0 aliphatic carbocycles. The lowest BCUT2D eigenvalue weighted by molar-refractivity contribution is -0.161. The molecule has 2 aliphatic rings. The molecule has 2 heterocycles. The molecule has 2 fully saturated rings. The van der Waals surface area contributed by atoms with Crippen LogP contribution in [0.4, 0.5) is 0 Å². The van der Waals surface area contributed by atoms with Gasteiger partial charge < -0.3 is 28.4 Å². The standard InChI is InChI=1S/C29H26O9/c30-26(19-10-4-1-5-11-19)35-18-22-23(37-27(31)20-12-6-2-7-13-20)24(25(36-22)29-33-16-17-34-29)38-28(32)21-14-8-3-9-15-21/h1-15,22-25,29H,16-18H2/t22-,23+,24-,25-/m1/s1. The van der Waals surface area contributed by atoms with Crippen LogP contribution >= 0.6 is 0 Å². The van der Waals surface area contributed by atoms with E-state index >= 15 is 0 Å². The minimum atomic E-state index is -1.11. The summed E-state index contributed by atoms with van der Waals surface area (Å²) in [4.78, 5) is 38.7. The largest absolute Gasteiger partial charge is 0.459 e. The zero-order valence-corrected chi connectivity index (χ0v) is 20.3. The fourth-order valence-electron chi connectivity index (χ4n) is 4.30. The third kappa shape index (κ3) is 5.91. The highest BCUT2D eigenvalue weighted by atomic mass is 16.7. The van der Waals surface area contributed by atoms with Crippen molar-refractivity contribution < 1.29 is 42.8 Å². The van der Waals surface area contributed by atoms with Crippen molar-refractivity contribution in [2.45, 2.75) is 30.7 Å². The summed E-state index contributed by atoms with van der Waals surface area (Å²) in [5.41, 5.74) is 0.971. The van der Waals surface area contributed by atoms with Gasteiger partial charge in [0.05, 0.1) is 29.9 Å². The van der Waals surface area contributed by atoms with E-state index in [-0.39, 0.29) is 6.61 Å². The second-order valence-electron chi connectivity index (χ2n) is 8.69. The van der Waals surface area contributed by atoms with Crippen molar-refractivity contribution in [2.75, 3.05) is 19.8 Å². The highest BCUT2D eigenvalue weighted by Crippen LogP contribution is 2.33. The molecular weight excluding hydrogens is 492 g/mol. The maximum absolute atomic E-state index is 13.0. The van der Waals surface area contributed by atoms with Gasteiger partial charge in [0.25, 0.3) is 0 Å². The van der Waals surface area contributed by atoms with Crippen molar-refractivity contribution in [2.24, 2.45) is 0 Å². The number of rotatable bonds is 8. The van der Waals surface area contributed by atoms with Crippen LogP contribution in [0.2, 0.25) is 0 Å². The average molecular weight is 519 g/mol. The first-order valence-corrected chi connectivity index (χ1v) is 12.2. The van der Waals surface area contributed by atoms with E-state index < -0.39 is 48.6 Å². The predicted octanol–water partition coefficient (Wildman–Crippen LogP) is 3.43. The summed E-state index contributed by atoms with van der Waals surface area (Å²) in [5, 5.41) is 0. The average Bonchev–Trinajstić information content (AvgIpc) is 3.62. The summed E-state index contributed by atoms with van der Waals surface area (Å²) in [5.74, 6) is -1.85. The molecule has 0 amide bonds. The molecule has 0 spiro atoms. The lowest BCUT2D eigenvalue weighted by Crippen LogP contribution is -2.45. The zero-order valence-electron chi connectivity index (χ0n) is 20.3. The summed E-state index contributed by atoms with van der Waals surface area (Å²) >= 11 is 0. The molecule has 5 rings (SSSR count). The predicted molar refractivity (Wildman–Crippen MR) is 132 cm³/mol. The van der Waals surface area contributed by atoms with Crippen LogP contribution in [0.3, 0.4) is 0 Å². The molecule has 196 valence electrons. The van der Waals surface area contributed by atoms with Crippen molar-refractivity contribution in [3.05, 3.63) is 108 Å². The summed E-state index contributed by atoms with van der Waals surface area (Å²) in [6.45, 7) is 0.390. The lowest BCUT2D eigenvalue weighted by Gasteiger charge is -2.26. The SMILES string of the molecule is O=C(OC[C@H]1O[C@@H](C2OCCO2)[C@H](OC(=O)c2ccccc2)[C@H]1OC(=O)c1ccccc1)c1ccccc1. The van der Waals surface area contributed by atoms with Crippen LogP contribution < -0.4 is 0 Å². The van der Waals surface area contributed by atoms with E-state index in [4.69, 9.17) is 28.4 Å². The number of carbonyl (C=O) groups is 3. The molecular formula is C29H26O9. The Bertz CT molecular complexity index is 1230. The molecule has 3 aromatic carbocycles. The van der Waals surface area contributed by atoms with Crippen LogP contribution in [-0.2, 0) is 28.4 Å². The number of ether oxygens (including phenoxy) is 6. The summed E-state index contributed by atoms with van der Waals surface area (Å²) in [7, 11) is 0. The van der Waals surface area contributed by atoms with Gasteiger partial charge in [-0.15, -0.1) is 0 Å². The number of hydrogen-bond donors (Lipinski definition) is 0. The number of carbonyl (C=O) groups excluding carboxylic acids is 3. The van der Waals surface area contributed by atoms with Gasteiger partial charge in [-0.05, 0) is 36.4 Å². The van der Waals surface area contributed by atoms with E-state index in [0.717, 1.165) is 0 Å². The second kappa shape index (κ2) is 12.0. The van der Waals surface area contributed by atoms with Gasteiger partial charge in [-0.1, -0.05) is 54.6 Å². The van der Waals surface area contributed by atoms with Crippen molar-refractivity contribution in [1.29, 1.82) is 0 Å². The minimum absolute atomic E-state index is 0.261. The molecule has 0 N–H and O–H groups in total. The molecule has 4 atom stereocenters. The first-order chi connectivity index (χ1) is 18.6. The van der Waals surface area contributed by atoms with Crippen LogP contribution in [0, 0.1) is 0 Å². The quantitative estimate of drug-likeness (QED) is 0.327. The van der Waals surface area contributed by atoms with Crippen molar-refractivity contribution in [3.63, 3.8) is 0 Å². The first-order valence-electron chi connectivity index (χ1n) is 12.2. The monoisotopic (exact) mass is 518 g/mol. The number of esters is 3. The van der Waals surface area contributed by atoms with Crippen LogP contribution in [-0.4, -0.2) is 68.4 Å². The highest BCUT2D eigenvalue weighted by Gasteiger charge is 2.54. The third-order valence-corrected chi connectivity index (χ3v) is 6.16. The molecule has 9 heteroatoms. The van der Waals surface area contributed by atoms with Gasteiger partial charge in [0.15, 0.2) is 18.5 Å². The topological polar surface area (TPSA) is 107 Å². The van der Waals surface area contributed by atoms with Crippen LogP contribution in [0.25, 0.3) is 0 Å². The van der Waals surface area contributed by atoms with Gasteiger partial charge in [-0.25, -0.2) is 14.4 Å². The molecule has 0 unspecified atom stereocenters. The lowest BCUT2D eigenvalue weighted by atomic mass is 10.1. The highest BCUT2D eigenvalue weighted by molar-refractivity contribution is 5.91. The van der Waals surface area contributed by atoms with Crippen LogP contribution in [0.15, 0.2) is 91.0 Å². The minimum Gasteiger partial charge on any atom is -0.459 e. The summed E-state index contributed by atoms with van der Waals surface area (Å²) < 4.78 is 34.6. The maximum Gasteiger partial charge on any atom is 0.338 e. The second-order valence-corrected chi connectivity index (χ2v) is 8.69. The van der Waals surface area contributed by atoms with Gasteiger partial charge in [0, 0.05) is 0 Å². The van der Waals surface area contributed by atoms with Crippen LogP contribution in [0.1, 0.15) is 31.1 Å². The van der Waals surface area contributed by atoms with Gasteiger partial charge in [0.1, 0.15) is 18.8 Å². The van der Waals surface area contributed by atoms with Gasteiger partial charge in [0.2, 0.25) is 0 Å². The van der Waals surface area contributed by atoms with E-state index in [0.29, 0.717) is 29.9 Å². The summed E-state index contributed by atoms with van der Waals surface area (Å²) in [6, 6.07) is 25.3. The van der Waals surface area contributed by atoms with Crippen molar-refractivity contribution in [1.82, 2.24) is 0 Å². The Hall–Kier alpha value is -4.05. The molecule has 0 aromatic heterocycles. The number of benzene rings is 3. The van der Waals surface area contributed by atoms with Crippen molar-refractivity contribution >= 4 is 17.9 Å². The molecule has 2 aliphatic heterocycles. The third-order valence-electron chi connectivity index (χ3n) is 6.16. The Morgan fingerprint density at radius 1 is 0.632 bits per heavy atom. The Morgan fingerprint density at radius 3 is 1.58 bits per heavy atom. The molecule has 3 aromatic rings.